The quantitative estimate of drug-likeness (QED) is 0.490. The molecule has 104 valence electrons. The van der Waals surface area contributed by atoms with E-state index in [2.05, 4.69) is 6.92 Å². The average Bonchev–Trinajstić information content (AvgIpc) is 2.41. The van der Waals surface area contributed by atoms with Crippen molar-refractivity contribution in [2.75, 3.05) is 5.75 Å². The smallest absolute Gasteiger partial charge is 0.125 e. The van der Waals surface area contributed by atoms with E-state index in [1.807, 2.05) is 18.2 Å². The SMILES string of the molecule is CCSc1cccc(Sc2ccc(F)cc2)c1C(=N)N. The molecule has 2 aromatic carbocycles. The van der Waals surface area contributed by atoms with Gasteiger partial charge in [-0.1, -0.05) is 24.8 Å². The highest BCUT2D eigenvalue weighted by Gasteiger charge is 2.12. The van der Waals surface area contributed by atoms with Gasteiger partial charge < -0.3 is 5.73 Å². The fraction of sp³-hybridized carbons (Fsp3) is 0.133. The molecule has 0 aliphatic heterocycles. The van der Waals surface area contributed by atoms with Crippen LogP contribution in [-0.4, -0.2) is 11.6 Å². The minimum atomic E-state index is -0.253. The van der Waals surface area contributed by atoms with Gasteiger partial charge in [0.15, 0.2) is 0 Å². The molecule has 0 aliphatic rings. The summed E-state index contributed by atoms with van der Waals surface area (Å²) in [7, 11) is 0. The Morgan fingerprint density at radius 1 is 1.15 bits per heavy atom. The molecule has 20 heavy (non-hydrogen) atoms. The number of nitrogens with one attached hydrogen (secondary N) is 1. The summed E-state index contributed by atoms with van der Waals surface area (Å²) in [6, 6.07) is 12.2. The van der Waals surface area contributed by atoms with Crippen molar-refractivity contribution in [1.29, 1.82) is 5.41 Å². The zero-order valence-electron chi connectivity index (χ0n) is 11.0. The van der Waals surface area contributed by atoms with Crippen molar-refractivity contribution in [2.24, 2.45) is 5.73 Å². The lowest BCUT2D eigenvalue weighted by atomic mass is 10.2. The van der Waals surface area contributed by atoms with E-state index in [0.717, 1.165) is 26.0 Å². The lowest BCUT2D eigenvalue weighted by molar-refractivity contribution is 0.626. The Kier molecular flexibility index (Phi) is 5.09. The molecule has 0 spiro atoms. The summed E-state index contributed by atoms with van der Waals surface area (Å²) in [6.07, 6.45) is 0. The zero-order chi connectivity index (χ0) is 14.5. The first-order valence-corrected chi connectivity index (χ1v) is 7.95. The normalized spacial score (nSPS) is 10.5. The van der Waals surface area contributed by atoms with Crippen LogP contribution in [0.5, 0.6) is 0 Å². The predicted octanol–water partition coefficient (Wildman–Crippen LogP) is 4.37. The van der Waals surface area contributed by atoms with Gasteiger partial charge in [0.2, 0.25) is 0 Å². The van der Waals surface area contributed by atoms with Crippen LogP contribution < -0.4 is 5.73 Å². The molecule has 0 fully saturated rings. The van der Waals surface area contributed by atoms with Crippen LogP contribution in [0.2, 0.25) is 0 Å². The van der Waals surface area contributed by atoms with Gasteiger partial charge in [-0.15, -0.1) is 11.8 Å². The minimum absolute atomic E-state index is 0.0613. The third-order valence-corrected chi connectivity index (χ3v) is 4.61. The van der Waals surface area contributed by atoms with Crippen molar-refractivity contribution in [3.8, 4) is 0 Å². The van der Waals surface area contributed by atoms with Crippen molar-refractivity contribution in [2.45, 2.75) is 21.6 Å². The highest BCUT2D eigenvalue weighted by atomic mass is 32.2. The molecule has 0 saturated heterocycles. The van der Waals surface area contributed by atoms with Gasteiger partial charge in [-0.3, -0.25) is 5.41 Å². The molecule has 0 amide bonds. The fourth-order valence-electron chi connectivity index (χ4n) is 1.77. The molecule has 5 heteroatoms. The minimum Gasteiger partial charge on any atom is -0.384 e. The van der Waals surface area contributed by atoms with Crippen LogP contribution in [0.1, 0.15) is 12.5 Å². The maximum absolute atomic E-state index is 12.9. The standard InChI is InChI=1S/C15H15FN2S2/c1-2-19-12-4-3-5-13(14(12)15(17)18)20-11-8-6-10(16)7-9-11/h3-9H,2H2,1H3,(H3,17,18). The number of hydrogen-bond donors (Lipinski definition) is 2. The summed E-state index contributed by atoms with van der Waals surface area (Å²) >= 11 is 3.15. The molecule has 0 aromatic heterocycles. The number of nitrogen functional groups attached to an aromatic ring is 1. The van der Waals surface area contributed by atoms with Crippen LogP contribution in [-0.2, 0) is 0 Å². The molecule has 0 saturated carbocycles. The Balaban J connectivity index is 2.37. The largest absolute Gasteiger partial charge is 0.384 e. The highest BCUT2D eigenvalue weighted by Crippen LogP contribution is 2.35. The van der Waals surface area contributed by atoms with Crippen molar-refractivity contribution >= 4 is 29.4 Å². The van der Waals surface area contributed by atoms with Gasteiger partial charge in [-0.05, 0) is 42.2 Å². The molecule has 2 rings (SSSR count). The van der Waals surface area contributed by atoms with Crippen molar-refractivity contribution in [1.82, 2.24) is 0 Å². The molecule has 2 aromatic rings. The van der Waals surface area contributed by atoms with Crippen LogP contribution in [0.15, 0.2) is 57.2 Å². The maximum Gasteiger partial charge on any atom is 0.125 e. The van der Waals surface area contributed by atoms with Crippen LogP contribution in [0.25, 0.3) is 0 Å². The van der Waals surface area contributed by atoms with Gasteiger partial charge in [0.1, 0.15) is 11.7 Å². The predicted molar refractivity (Wildman–Crippen MR) is 84.4 cm³/mol. The molecule has 0 aliphatic carbocycles. The number of amidine groups is 1. The molecule has 3 N–H and O–H groups in total. The number of halogens is 1. The Labute approximate surface area is 126 Å². The summed E-state index contributed by atoms with van der Waals surface area (Å²) in [5.41, 5.74) is 6.48. The van der Waals surface area contributed by atoms with Crippen molar-refractivity contribution < 1.29 is 4.39 Å². The van der Waals surface area contributed by atoms with E-state index in [-0.39, 0.29) is 11.7 Å². The number of benzene rings is 2. The van der Waals surface area contributed by atoms with E-state index in [1.165, 1.54) is 23.9 Å². The Morgan fingerprint density at radius 2 is 1.80 bits per heavy atom. The summed E-state index contributed by atoms with van der Waals surface area (Å²) < 4.78 is 12.9. The van der Waals surface area contributed by atoms with E-state index in [9.17, 15) is 4.39 Å². The van der Waals surface area contributed by atoms with Gasteiger partial charge in [0.25, 0.3) is 0 Å². The van der Waals surface area contributed by atoms with Gasteiger partial charge in [-0.25, -0.2) is 4.39 Å². The van der Waals surface area contributed by atoms with Gasteiger partial charge in [-0.2, -0.15) is 0 Å². The van der Waals surface area contributed by atoms with Crippen molar-refractivity contribution in [3.05, 3.63) is 53.8 Å². The number of rotatable bonds is 5. The highest BCUT2D eigenvalue weighted by molar-refractivity contribution is 8.00. The first-order chi connectivity index (χ1) is 9.61. The van der Waals surface area contributed by atoms with E-state index in [1.54, 1.807) is 23.9 Å². The molecule has 0 radical (unpaired) electrons. The second-order valence-corrected chi connectivity index (χ2v) is 6.45. The van der Waals surface area contributed by atoms with Crippen molar-refractivity contribution in [3.63, 3.8) is 0 Å². The number of hydrogen-bond acceptors (Lipinski definition) is 3. The van der Waals surface area contributed by atoms with Crippen LogP contribution in [0, 0.1) is 11.2 Å². The van der Waals surface area contributed by atoms with E-state index in [0.29, 0.717) is 0 Å². The Bertz CT molecular complexity index is 612. The second kappa shape index (κ2) is 6.81. The lowest BCUT2D eigenvalue weighted by Crippen LogP contribution is -2.13. The molecule has 0 heterocycles. The maximum atomic E-state index is 12.9. The van der Waals surface area contributed by atoms with Gasteiger partial charge >= 0.3 is 0 Å². The monoisotopic (exact) mass is 306 g/mol. The van der Waals surface area contributed by atoms with E-state index < -0.39 is 0 Å². The third kappa shape index (κ3) is 3.55. The first-order valence-electron chi connectivity index (χ1n) is 6.15. The van der Waals surface area contributed by atoms with Crippen LogP contribution >= 0.6 is 23.5 Å². The topological polar surface area (TPSA) is 49.9 Å². The summed E-state index contributed by atoms with van der Waals surface area (Å²) in [6.45, 7) is 2.06. The molecular formula is C15H15FN2S2. The molecular weight excluding hydrogens is 291 g/mol. The molecule has 0 bridgehead atoms. The molecule has 0 atom stereocenters. The van der Waals surface area contributed by atoms with Crippen LogP contribution in [0.3, 0.4) is 0 Å². The van der Waals surface area contributed by atoms with E-state index >= 15 is 0 Å². The summed E-state index contributed by atoms with van der Waals surface area (Å²) in [4.78, 5) is 2.85. The van der Waals surface area contributed by atoms with Gasteiger partial charge in [0.05, 0.1) is 0 Å². The number of thioether (sulfide) groups is 1. The molecule has 0 unspecified atom stereocenters. The van der Waals surface area contributed by atoms with E-state index in [4.69, 9.17) is 11.1 Å². The summed E-state index contributed by atoms with van der Waals surface area (Å²) in [5, 5.41) is 7.79. The third-order valence-electron chi connectivity index (χ3n) is 2.60. The van der Waals surface area contributed by atoms with Gasteiger partial charge in [0, 0.05) is 20.2 Å². The molecule has 2 nitrogen and oxygen atoms in total. The Hall–Kier alpha value is -1.46. The lowest BCUT2D eigenvalue weighted by Gasteiger charge is -2.12. The first kappa shape index (κ1) is 14.9. The fourth-order valence-corrected chi connectivity index (χ4v) is 3.68. The zero-order valence-corrected chi connectivity index (χ0v) is 12.7. The second-order valence-electron chi connectivity index (χ2n) is 4.03. The summed E-state index contributed by atoms with van der Waals surface area (Å²) in [5.74, 6) is 0.730. The van der Waals surface area contributed by atoms with Crippen LogP contribution in [0.4, 0.5) is 4.39 Å². The Morgan fingerprint density at radius 3 is 2.40 bits per heavy atom. The average molecular weight is 306 g/mol. The number of nitrogens with two attached hydrogens (primary N) is 1.